The van der Waals surface area contributed by atoms with Gasteiger partial charge in [0.15, 0.2) is 0 Å². The Balaban J connectivity index is 1.95. The van der Waals surface area contributed by atoms with E-state index < -0.39 is 0 Å². The molecule has 2 atom stereocenters. The molecule has 0 radical (unpaired) electrons. The zero-order valence-corrected chi connectivity index (χ0v) is 12.6. The molecule has 0 spiro atoms. The van der Waals surface area contributed by atoms with Gasteiger partial charge in [0.2, 0.25) is 0 Å². The fourth-order valence-corrected chi connectivity index (χ4v) is 3.60. The molecule has 2 nitrogen and oxygen atoms in total. The molecule has 0 bridgehead atoms. The standard InChI is InChI=1S/C18H23NO/c1-12-6-7-13-11-14(8-9-16(13)19-12)17(20)15-5-4-10-18(15,2)3/h6-9,11,15,17,20H,4-5,10H2,1-3H3. The molecule has 2 heteroatoms. The van der Waals surface area contributed by atoms with Crippen LogP contribution in [-0.4, -0.2) is 10.1 Å². The molecule has 20 heavy (non-hydrogen) atoms. The molecular formula is C18H23NO. The Morgan fingerprint density at radius 2 is 2.05 bits per heavy atom. The van der Waals surface area contributed by atoms with Gasteiger partial charge in [0.25, 0.3) is 0 Å². The number of aromatic nitrogens is 1. The van der Waals surface area contributed by atoms with E-state index in [1.54, 1.807) is 0 Å². The summed E-state index contributed by atoms with van der Waals surface area (Å²) in [6.07, 6.45) is 3.20. The molecule has 2 aromatic rings. The monoisotopic (exact) mass is 269 g/mol. The molecule has 106 valence electrons. The van der Waals surface area contributed by atoms with Gasteiger partial charge in [-0.25, -0.2) is 0 Å². The van der Waals surface area contributed by atoms with Crippen LogP contribution in [0.3, 0.4) is 0 Å². The van der Waals surface area contributed by atoms with Gasteiger partial charge in [-0.15, -0.1) is 0 Å². The molecule has 1 N–H and O–H groups in total. The van der Waals surface area contributed by atoms with Gasteiger partial charge >= 0.3 is 0 Å². The molecule has 1 aliphatic carbocycles. The van der Waals surface area contributed by atoms with Crippen molar-refractivity contribution in [3.8, 4) is 0 Å². The summed E-state index contributed by atoms with van der Waals surface area (Å²) in [6, 6.07) is 10.3. The van der Waals surface area contributed by atoms with Crippen LogP contribution in [0.1, 0.15) is 50.5 Å². The lowest BCUT2D eigenvalue weighted by molar-refractivity contribution is 0.0532. The van der Waals surface area contributed by atoms with Crippen molar-refractivity contribution in [2.75, 3.05) is 0 Å². The van der Waals surface area contributed by atoms with Crippen LogP contribution in [0.25, 0.3) is 10.9 Å². The van der Waals surface area contributed by atoms with Crippen molar-refractivity contribution in [1.29, 1.82) is 0 Å². The summed E-state index contributed by atoms with van der Waals surface area (Å²) >= 11 is 0. The average Bonchev–Trinajstić information content (AvgIpc) is 2.77. The van der Waals surface area contributed by atoms with Crippen molar-refractivity contribution in [2.45, 2.75) is 46.1 Å². The predicted molar refractivity (Wildman–Crippen MR) is 82.6 cm³/mol. The minimum atomic E-state index is -0.363. The maximum absolute atomic E-state index is 10.7. The van der Waals surface area contributed by atoms with Crippen LogP contribution in [0.5, 0.6) is 0 Å². The highest BCUT2D eigenvalue weighted by Crippen LogP contribution is 2.48. The second kappa shape index (κ2) is 4.85. The van der Waals surface area contributed by atoms with Crippen molar-refractivity contribution in [2.24, 2.45) is 11.3 Å². The van der Waals surface area contributed by atoms with Crippen LogP contribution in [0, 0.1) is 18.3 Å². The Kier molecular flexibility index (Phi) is 3.29. The Labute approximate surface area is 120 Å². The zero-order valence-electron chi connectivity index (χ0n) is 12.6. The Morgan fingerprint density at radius 1 is 1.25 bits per heavy atom. The average molecular weight is 269 g/mol. The maximum atomic E-state index is 10.7. The third-order valence-electron chi connectivity index (χ3n) is 4.92. The van der Waals surface area contributed by atoms with Crippen molar-refractivity contribution in [3.63, 3.8) is 0 Å². The van der Waals surface area contributed by atoms with E-state index in [1.807, 2.05) is 25.1 Å². The van der Waals surface area contributed by atoms with Crippen molar-refractivity contribution in [3.05, 3.63) is 41.6 Å². The lowest BCUT2D eigenvalue weighted by Gasteiger charge is -2.31. The number of aliphatic hydroxyl groups is 1. The molecule has 3 rings (SSSR count). The first-order chi connectivity index (χ1) is 9.47. The van der Waals surface area contributed by atoms with Crippen molar-refractivity contribution >= 4 is 10.9 Å². The van der Waals surface area contributed by atoms with Crippen LogP contribution < -0.4 is 0 Å². The third-order valence-corrected chi connectivity index (χ3v) is 4.92. The summed E-state index contributed by atoms with van der Waals surface area (Å²) in [4.78, 5) is 4.52. The van der Waals surface area contributed by atoms with Crippen LogP contribution in [0.4, 0.5) is 0 Å². The summed E-state index contributed by atoms with van der Waals surface area (Å²) < 4.78 is 0. The summed E-state index contributed by atoms with van der Waals surface area (Å²) in [5, 5.41) is 11.9. The third kappa shape index (κ3) is 2.33. The number of nitrogens with zero attached hydrogens (tertiary/aromatic N) is 1. The molecule has 0 saturated heterocycles. The van der Waals surface area contributed by atoms with Crippen LogP contribution in [0.2, 0.25) is 0 Å². The highest BCUT2D eigenvalue weighted by molar-refractivity contribution is 5.79. The number of aryl methyl sites for hydroxylation is 1. The molecule has 1 heterocycles. The number of hydrogen-bond acceptors (Lipinski definition) is 2. The molecule has 1 saturated carbocycles. The van der Waals surface area contributed by atoms with Gasteiger partial charge in [-0.2, -0.15) is 0 Å². The summed E-state index contributed by atoms with van der Waals surface area (Å²) in [7, 11) is 0. The highest BCUT2D eigenvalue weighted by Gasteiger charge is 2.39. The van der Waals surface area contributed by atoms with E-state index in [0.717, 1.165) is 28.6 Å². The second-order valence-electron chi connectivity index (χ2n) is 6.84. The topological polar surface area (TPSA) is 33.1 Å². The van der Waals surface area contributed by atoms with Crippen molar-refractivity contribution < 1.29 is 5.11 Å². The molecule has 0 aliphatic heterocycles. The van der Waals surface area contributed by atoms with E-state index in [2.05, 4.69) is 31.0 Å². The summed E-state index contributed by atoms with van der Waals surface area (Å²) in [6.45, 7) is 6.56. The first-order valence-electron chi connectivity index (χ1n) is 7.53. The first kappa shape index (κ1) is 13.6. The van der Waals surface area contributed by atoms with E-state index in [-0.39, 0.29) is 11.5 Å². The van der Waals surface area contributed by atoms with Gasteiger partial charge in [-0.3, -0.25) is 4.98 Å². The fourth-order valence-electron chi connectivity index (χ4n) is 3.60. The molecule has 1 aromatic carbocycles. The molecule has 1 aromatic heterocycles. The van der Waals surface area contributed by atoms with Crippen LogP contribution in [-0.2, 0) is 0 Å². The van der Waals surface area contributed by atoms with Gasteiger partial charge in [0, 0.05) is 11.1 Å². The van der Waals surface area contributed by atoms with Crippen molar-refractivity contribution in [1.82, 2.24) is 4.98 Å². The first-order valence-corrected chi connectivity index (χ1v) is 7.53. The maximum Gasteiger partial charge on any atom is 0.0823 e. The number of benzene rings is 1. The summed E-state index contributed by atoms with van der Waals surface area (Å²) in [5.74, 6) is 0.360. The molecule has 2 unspecified atom stereocenters. The van der Waals surface area contributed by atoms with Gasteiger partial charge in [-0.05, 0) is 54.9 Å². The minimum Gasteiger partial charge on any atom is -0.388 e. The largest absolute Gasteiger partial charge is 0.388 e. The number of pyridine rings is 1. The van der Waals surface area contributed by atoms with E-state index in [0.29, 0.717) is 5.92 Å². The number of fused-ring (bicyclic) bond motifs is 1. The number of aliphatic hydroxyl groups excluding tert-OH is 1. The summed E-state index contributed by atoms with van der Waals surface area (Å²) in [5.41, 5.74) is 3.30. The van der Waals surface area contributed by atoms with Gasteiger partial charge in [-0.1, -0.05) is 32.4 Å². The van der Waals surface area contributed by atoms with Gasteiger partial charge in [0.1, 0.15) is 0 Å². The van der Waals surface area contributed by atoms with Crippen LogP contribution >= 0.6 is 0 Å². The smallest absolute Gasteiger partial charge is 0.0823 e. The Bertz CT molecular complexity index is 632. The van der Waals surface area contributed by atoms with E-state index >= 15 is 0 Å². The quantitative estimate of drug-likeness (QED) is 0.876. The molecule has 1 aliphatic rings. The van der Waals surface area contributed by atoms with Gasteiger partial charge in [0.05, 0.1) is 11.6 Å². The second-order valence-corrected chi connectivity index (χ2v) is 6.84. The number of rotatable bonds is 2. The van der Waals surface area contributed by atoms with E-state index in [9.17, 15) is 5.11 Å². The highest BCUT2D eigenvalue weighted by atomic mass is 16.3. The molecule has 1 fully saturated rings. The molecule has 0 amide bonds. The fraction of sp³-hybridized carbons (Fsp3) is 0.500. The van der Waals surface area contributed by atoms with E-state index in [4.69, 9.17) is 0 Å². The minimum absolute atomic E-state index is 0.236. The lowest BCUT2D eigenvalue weighted by atomic mass is 9.76. The Morgan fingerprint density at radius 3 is 2.75 bits per heavy atom. The molecular weight excluding hydrogens is 246 g/mol. The van der Waals surface area contributed by atoms with Crippen LogP contribution in [0.15, 0.2) is 30.3 Å². The lowest BCUT2D eigenvalue weighted by Crippen LogP contribution is -2.24. The Hall–Kier alpha value is -1.41. The zero-order chi connectivity index (χ0) is 14.3. The normalized spacial score (nSPS) is 23.1. The van der Waals surface area contributed by atoms with E-state index in [1.165, 1.54) is 12.8 Å². The SMILES string of the molecule is Cc1ccc2cc(C(O)C3CCCC3(C)C)ccc2n1. The number of hydrogen-bond donors (Lipinski definition) is 1. The van der Waals surface area contributed by atoms with Gasteiger partial charge < -0.3 is 5.11 Å². The predicted octanol–water partition coefficient (Wildman–Crippen LogP) is 4.40.